The molecule has 1 saturated heterocycles. The van der Waals surface area contributed by atoms with Crippen LogP contribution in [0, 0.1) is 0 Å². The number of amides is 1. The van der Waals surface area contributed by atoms with Gasteiger partial charge in [0.1, 0.15) is 0 Å². The number of morpholine rings is 1. The van der Waals surface area contributed by atoms with Gasteiger partial charge in [0, 0.05) is 44.6 Å². The van der Waals surface area contributed by atoms with Crippen molar-refractivity contribution < 1.29 is 14.3 Å². The van der Waals surface area contributed by atoms with Crippen LogP contribution in [0.3, 0.4) is 0 Å². The number of fused-ring (bicyclic) bond motifs is 1. The van der Waals surface area contributed by atoms with Gasteiger partial charge in [0.2, 0.25) is 5.88 Å². The maximum atomic E-state index is 12.9. The maximum absolute atomic E-state index is 12.9. The van der Waals surface area contributed by atoms with Crippen molar-refractivity contribution in [1.82, 2.24) is 25.0 Å². The quantitative estimate of drug-likeness (QED) is 0.566. The third-order valence-electron chi connectivity index (χ3n) is 5.84. The Labute approximate surface area is 194 Å². The average molecular weight is 452 g/mol. The van der Waals surface area contributed by atoms with E-state index in [0.717, 1.165) is 49.3 Å². The van der Waals surface area contributed by atoms with Crippen LogP contribution in [0.4, 0.5) is 0 Å². The van der Waals surface area contributed by atoms with Crippen LogP contribution in [0.15, 0.2) is 42.7 Å². The highest BCUT2D eigenvalue weighted by Crippen LogP contribution is 2.31. The summed E-state index contributed by atoms with van der Waals surface area (Å²) in [6.07, 6.45) is 3.42. The lowest BCUT2D eigenvalue weighted by Gasteiger charge is -2.26. The van der Waals surface area contributed by atoms with Gasteiger partial charge in [-0.05, 0) is 63.1 Å². The van der Waals surface area contributed by atoms with Crippen molar-refractivity contribution in [2.24, 2.45) is 0 Å². The summed E-state index contributed by atoms with van der Waals surface area (Å²) in [6.45, 7) is 12.4. The van der Waals surface area contributed by atoms with Gasteiger partial charge in [-0.3, -0.25) is 19.4 Å². The number of nitrogens with zero attached hydrogens (tertiary/aromatic N) is 4. The Morgan fingerprint density at radius 1 is 1.15 bits per heavy atom. The van der Waals surface area contributed by atoms with Crippen molar-refractivity contribution in [1.29, 1.82) is 0 Å². The SMILES string of the molecule is CC(C)n1nc(OC(C)(C)C(=O)NCc2ccncc2)c2cc(CN3CCOCC3)ccc21. The molecule has 0 atom stereocenters. The Morgan fingerprint density at radius 3 is 2.58 bits per heavy atom. The van der Waals surface area contributed by atoms with Gasteiger partial charge in [-0.25, -0.2) is 0 Å². The number of ether oxygens (including phenoxy) is 2. The van der Waals surface area contributed by atoms with Crippen LogP contribution in [-0.4, -0.2) is 57.5 Å². The summed E-state index contributed by atoms with van der Waals surface area (Å²) < 4.78 is 13.7. The predicted molar refractivity (Wildman–Crippen MR) is 127 cm³/mol. The molecule has 8 nitrogen and oxygen atoms in total. The highest BCUT2D eigenvalue weighted by atomic mass is 16.5. The number of nitrogens with one attached hydrogen (secondary N) is 1. The average Bonchev–Trinajstić information content (AvgIpc) is 3.16. The van der Waals surface area contributed by atoms with E-state index in [1.165, 1.54) is 5.56 Å². The number of hydrogen-bond donors (Lipinski definition) is 1. The molecule has 1 N–H and O–H groups in total. The standard InChI is InChI=1S/C25H33N5O3/c1-18(2)30-22-6-5-20(17-29-11-13-32-14-12-29)15-21(22)23(28-30)33-25(3,4)24(31)27-16-19-7-9-26-10-8-19/h5-10,15,18H,11-14,16-17H2,1-4H3,(H,27,31). The van der Waals surface area contributed by atoms with Crippen LogP contribution in [-0.2, 0) is 22.6 Å². The molecule has 0 unspecified atom stereocenters. The van der Waals surface area contributed by atoms with Crippen LogP contribution in [0.1, 0.15) is 44.9 Å². The second-order valence-electron chi connectivity index (χ2n) is 9.23. The molecule has 2 aromatic heterocycles. The molecule has 33 heavy (non-hydrogen) atoms. The van der Waals surface area contributed by atoms with Gasteiger partial charge in [0.15, 0.2) is 5.60 Å². The number of hydrogen-bond acceptors (Lipinski definition) is 6. The van der Waals surface area contributed by atoms with E-state index >= 15 is 0 Å². The van der Waals surface area contributed by atoms with Crippen molar-refractivity contribution in [2.75, 3.05) is 26.3 Å². The van der Waals surface area contributed by atoms with Crippen molar-refractivity contribution in [3.05, 3.63) is 53.9 Å². The largest absolute Gasteiger partial charge is 0.460 e. The van der Waals surface area contributed by atoms with Crippen molar-refractivity contribution >= 4 is 16.8 Å². The summed E-state index contributed by atoms with van der Waals surface area (Å²) in [7, 11) is 0. The second-order valence-corrected chi connectivity index (χ2v) is 9.23. The van der Waals surface area contributed by atoms with Crippen LogP contribution in [0.25, 0.3) is 10.9 Å². The molecular weight excluding hydrogens is 418 g/mol. The zero-order chi connectivity index (χ0) is 23.4. The number of rotatable bonds is 8. The Hall–Kier alpha value is -2.97. The molecule has 1 amide bonds. The van der Waals surface area contributed by atoms with Gasteiger partial charge in [0.25, 0.3) is 5.91 Å². The zero-order valence-electron chi connectivity index (χ0n) is 19.9. The third kappa shape index (κ3) is 5.51. The molecule has 4 rings (SSSR count). The molecular formula is C25H33N5O3. The lowest BCUT2D eigenvalue weighted by Crippen LogP contribution is -2.46. The highest BCUT2D eigenvalue weighted by Gasteiger charge is 2.32. The summed E-state index contributed by atoms with van der Waals surface area (Å²) in [5.41, 5.74) is 2.09. The summed E-state index contributed by atoms with van der Waals surface area (Å²) in [6, 6.07) is 10.3. The topological polar surface area (TPSA) is 81.5 Å². The van der Waals surface area contributed by atoms with Gasteiger partial charge in [0.05, 0.1) is 24.1 Å². The fraction of sp³-hybridized carbons (Fsp3) is 0.480. The minimum absolute atomic E-state index is 0.165. The number of pyridine rings is 1. The smallest absolute Gasteiger partial charge is 0.263 e. The van der Waals surface area contributed by atoms with Gasteiger partial charge in [-0.1, -0.05) is 6.07 Å². The molecule has 0 spiro atoms. The minimum atomic E-state index is -1.09. The molecule has 1 aliphatic rings. The summed E-state index contributed by atoms with van der Waals surface area (Å²) >= 11 is 0. The third-order valence-corrected chi connectivity index (χ3v) is 5.84. The van der Waals surface area contributed by atoms with Crippen molar-refractivity contribution in [3.63, 3.8) is 0 Å². The number of aromatic nitrogens is 3. The molecule has 3 heterocycles. The first-order valence-corrected chi connectivity index (χ1v) is 11.5. The number of benzene rings is 1. The van der Waals surface area contributed by atoms with Gasteiger partial charge in [-0.15, -0.1) is 5.10 Å². The molecule has 0 bridgehead atoms. The monoisotopic (exact) mass is 451 g/mol. The van der Waals surface area contributed by atoms with Crippen LogP contribution in [0.2, 0.25) is 0 Å². The van der Waals surface area contributed by atoms with Crippen LogP contribution in [0.5, 0.6) is 5.88 Å². The Kier molecular flexibility index (Phi) is 6.95. The Balaban J connectivity index is 1.55. The number of carbonyl (C=O) groups is 1. The summed E-state index contributed by atoms with van der Waals surface area (Å²) in [4.78, 5) is 19.3. The Bertz CT molecular complexity index is 1090. The van der Waals surface area contributed by atoms with E-state index in [9.17, 15) is 4.79 Å². The molecule has 0 radical (unpaired) electrons. The summed E-state index contributed by atoms with van der Waals surface area (Å²) in [5.74, 6) is 0.280. The van der Waals surface area contributed by atoms with Crippen molar-refractivity contribution in [3.8, 4) is 5.88 Å². The highest BCUT2D eigenvalue weighted by molar-refractivity contribution is 5.88. The Morgan fingerprint density at radius 2 is 1.88 bits per heavy atom. The van der Waals surface area contributed by atoms with Gasteiger partial charge < -0.3 is 14.8 Å². The predicted octanol–water partition coefficient (Wildman–Crippen LogP) is 3.32. The van der Waals surface area contributed by atoms with E-state index < -0.39 is 5.60 Å². The van der Waals surface area contributed by atoms with E-state index in [4.69, 9.17) is 14.6 Å². The fourth-order valence-electron chi connectivity index (χ4n) is 3.93. The van der Waals surface area contributed by atoms with Crippen LogP contribution < -0.4 is 10.1 Å². The van der Waals surface area contributed by atoms with Gasteiger partial charge in [-0.2, -0.15) is 0 Å². The molecule has 176 valence electrons. The lowest BCUT2D eigenvalue weighted by atomic mass is 10.1. The molecule has 0 saturated carbocycles. The molecule has 0 aliphatic carbocycles. The van der Waals surface area contributed by atoms with Crippen LogP contribution >= 0.6 is 0 Å². The second kappa shape index (κ2) is 9.89. The fourth-order valence-corrected chi connectivity index (χ4v) is 3.93. The minimum Gasteiger partial charge on any atom is -0.460 e. The summed E-state index contributed by atoms with van der Waals surface area (Å²) in [5, 5.41) is 8.61. The zero-order valence-corrected chi connectivity index (χ0v) is 19.9. The molecule has 1 fully saturated rings. The van der Waals surface area contributed by atoms with E-state index in [1.54, 1.807) is 26.2 Å². The normalized spacial score (nSPS) is 15.2. The van der Waals surface area contributed by atoms with E-state index in [1.807, 2.05) is 16.8 Å². The van der Waals surface area contributed by atoms with E-state index in [-0.39, 0.29) is 11.9 Å². The van der Waals surface area contributed by atoms with E-state index in [2.05, 4.69) is 47.2 Å². The first kappa shape index (κ1) is 23.2. The molecule has 1 aliphatic heterocycles. The first-order valence-electron chi connectivity index (χ1n) is 11.5. The van der Waals surface area contributed by atoms with E-state index in [0.29, 0.717) is 12.4 Å². The van der Waals surface area contributed by atoms with Crippen molar-refractivity contribution in [2.45, 2.75) is 52.4 Å². The number of carbonyl (C=O) groups excluding carboxylic acids is 1. The lowest BCUT2D eigenvalue weighted by molar-refractivity contribution is -0.134. The molecule has 3 aromatic rings. The van der Waals surface area contributed by atoms with Gasteiger partial charge >= 0.3 is 0 Å². The first-order chi connectivity index (χ1) is 15.8. The molecule has 1 aromatic carbocycles. The maximum Gasteiger partial charge on any atom is 0.263 e. The molecule has 8 heteroatoms.